The maximum atomic E-state index is 13.4. The number of hydrogen-bond donors (Lipinski definition) is 0. The molecule has 9 heteroatoms. The summed E-state index contributed by atoms with van der Waals surface area (Å²) in [5.41, 5.74) is 0.644. The van der Waals surface area contributed by atoms with Crippen molar-refractivity contribution in [2.45, 2.75) is 39.3 Å². The van der Waals surface area contributed by atoms with Crippen LogP contribution in [0.5, 0.6) is 5.75 Å². The first kappa shape index (κ1) is 23.3. The van der Waals surface area contributed by atoms with Gasteiger partial charge in [0.1, 0.15) is 18.0 Å². The molecule has 0 radical (unpaired) electrons. The van der Waals surface area contributed by atoms with Gasteiger partial charge in [0.25, 0.3) is 0 Å². The fraction of sp³-hybridized carbons (Fsp3) is 0.458. The molecule has 0 unspecified atom stereocenters. The number of methoxy groups -OCH3 is 1. The number of aromatic nitrogens is 2. The van der Waals surface area contributed by atoms with Crippen molar-refractivity contribution in [2.75, 3.05) is 38.4 Å². The number of pyridine rings is 2. The van der Waals surface area contributed by atoms with Crippen LogP contribution in [0.25, 0.3) is 21.9 Å². The summed E-state index contributed by atoms with van der Waals surface area (Å²) in [6.07, 6.45) is 2.17. The van der Waals surface area contributed by atoms with Crippen LogP contribution in [0.1, 0.15) is 26.7 Å². The number of rotatable bonds is 10. The van der Waals surface area contributed by atoms with Crippen LogP contribution in [0.3, 0.4) is 0 Å². The van der Waals surface area contributed by atoms with Crippen molar-refractivity contribution in [1.82, 2.24) is 9.55 Å². The molecule has 1 fully saturated rings. The van der Waals surface area contributed by atoms with E-state index in [-0.39, 0.29) is 18.6 Å². The third-order valence-corrected chi connectivity index (χ3v) is 5.96. The highest BCUT2D eigenvalue weighted by molar-refractivity contribution is 6.33. The molecule has 3 aromatic rings. The molecule has 4 rings (SSSR count). The van der Waals surface area contributed by atoms with E-state index < -0.39 is 5.97 Å². The topological polar surface area (TPSA) is 82.9 Å². The number of hydrogen-bond acceptors (Lipinski definition) is 7. The van der Waals surface area contributed by atoms with Gasteiger partial charge in [0.15, 0.2) is 11.2 Å². The molecule has 1 aromatic carbocycles. The minimum atomic E-state index is -0.434. The zero-order chi connectivity index (χ0) is 23.5. The largest absolute Gasteiger partial charge is 0.490 e. The SMILES string of the molecule is CCOC(=O)Cn1c2nc(N(CCOC)C3CC3)ccc2c(=O)c2ccc(Cl)c(OCC)c21. The number of fused-ring (bicyclic) bond motifs is 2. The Bertz CT molecular complexity index is 1240. The van der Waals surface area contributed by atoms with E-state index in [1.807, 2.05) is 13.0 Å². The lowest BCUT2D eigenvalue weighted by Crippen LogP contribution is -2.30. The molecular formula is C24H28ClN3O5. The number of anilines is 1. The van der Waals surface area contributed by atoms with E-state index in [2.05, 4.69) is 4.90 Å². The van der Waals surface area contributed by atoms with Crippen LogP contribution in [0.15, 0.2) is 29.1 Å². The van der Waals surface area contributed by atoms with E-state index in [0.717, 1.165) is 18.7 Å². The Kier molecular flexibility index (Phi) is 7.05. The minimum absolute atomic E-state index is 0.126. The molecule has 1 aliphatic carbocycles. The molecule has 0 atom stereocenters. The highest BCUT2D eigenvalue weighted by Crippen LogP contribution is 2.35. The van der Waals surface area contributed by atoms with Crippen LogP contribution in [0.2, 0.25) is 5.02 Å². The molecule has 1 aliphatic rings. The van der Waals surface area contributed by atoms with Crippen LogP contribution < -0.4 is 15.1 Å². The Morgan fingerprint density at radius 3 is 2.61 bits per heavy atom. The molecule has 0 N–H and O–H groups in total. The van der Waals surface area contributed by atoms with Gasteiger partial charge in [0.05, 0.1) is 41.1 Å². The smallest absolute Gasteiger partial charge is 0.326 e. The standard InChI is InChI=1S/C24H28ClN3O5/c1-4-32-20(29)14-28-21-16(8-10-18(25)23(21)33-5-2)22(30)17-9-11-19(26-24(17)28)27(12-13-31-3)15-6-7-15/h8-11,15H,4-7,12-14H2,1-3H3. The predicted molar refractivity (Wildman–Crippen MR) is 129 cm³/mol. The zero-order valence-corrected chi connectivity index (χ0v) is 19.9. The monoisotopic (exact) mass is 473 g/mol. The summed E-state index contributed by atoms with van der Waals surface area (Å²) in [5.74, 6) is 0.654. The summed E-state index contributed by atoms with van der Waals surface area (Å²) in [6, 6.07) is 7.32. The summed E-state index contributed by atoms with van der Waals surface area (Å²) in [7, 11) is 1.67. The summed E-state index contributed by atoms with van der Waals surface area (Å²) < 4.78 is 18.0. The number of carbonyl (C=O) groups excluding carboxylic acids is 1. The van der Waals surface area contributed by atoms with Crippen molar-refractivity contribution in [1.29, 1.82) is 0 Å². The van der Waals surface area contributed by atoms with Gasteiger partial charge >= 0.3 is 5.97 Å². The van der Waals surface area contributed by atoms with E-state index >= 15 is 0 Å². The van der Waals surface area contributed by atoms with E-state index in [0.29, 0.717) is 58.5 Å². The average molecular weight is 474 g/mol. The number of nitrogens with zero attached hydrogens (tertiary/aromatic N) is 3. The lowest BCUT2D eigenvalue weighted by atomic mass is 10.1. The van der Waals surface area contributed by atoms with Gasteiger partial charge in [0, 0.05) is 19.7 Å². The molecule has 0 saturated heterocycles. The van der Waals surface area contributed by atoms with E-state index in [1.54, 1.807) is 36.8 Å². The minimum Gasteiger partial charge on any atom is -0.490 e. The molecule has 176 valence electrons. The molecule has 0 aliphatic heterocycles. The first-order valence-electron chi connectivity index (χ1n) is 11.2. The number of carbonyl (C=O) groups is 1. The summed E-state index contributed by atoms with van der Waals surface area (Å²) in [5, 5.41) is 1.19. The second kappa shape index (κ2) is 9.97. The summed E-state index contributed by atoms with van der Waals surface area (Å²) in [4.78, 5) is 33.0. The third-order valence-electron chi connectivity index (χ3n) is 5.66. The predicted octanol–water partition coefficient (Wildman–Crippen LogP) is 3.78. The van der Waals surface area contributed by atoms with Gasteiger partial charge in [-0.05, 0) is 51.0 Å². The van der Waals surface area contributed by atoms with Gasteiger partial charge in [-0.3, -0.25) is 9.59 Å². The van der Waals surface area contributed by atoms with Crippen LogP contribution in [-0.2, 0) is 20.8 Å². The number of esters is 1. The molecule has 2 heterocycles. The molecule has 33 heavy (non-hydrogen) atoms. The first-order chi connectivity index (χ1) is 16.0. The van der Waals surface area contributed by atoms with Gasteiger partial charge in [-0.1, -0.05) is 11.6 Å². The quantitative estimate of drug-likeness (QED) is 0.327. The summed E-state index contributed by atoms with van der Waals surface area (Å²) >= 11 is 6.44. The average Bonchev–Trinajstić information content (AvgIpc) is 3.64. The molecule has 0 bridgehead atoms. The lowest BCUT2D eigenvalue weighted by Gasteiger charge is -2.24. The third kappa shape index (κ3) is 4.63. The van der Waals surface area contributed by atoms with Gasteiger partial charge in [-0.15, -0.1) is 0 Å². The number of ether oxygens (including phenoxy) is 3. The van der Waals surface area contributed by atoms with Crippen LogP contribution >= 0.6 is 11.6 Å². The summed E-state index contributed by atoms with van der Waals surface area (Å²) in [6.45, 7) is 5.31. The van der Waals surface area contributed by atoms with Gasteiger partial charge in [-0.25, -0.2) is 4.98 Å². The van der Waals surface area contributed by atoms with Gasteiger partial charge in [-0.2, -0.15) is 0 Å². The molecule has 2 aromatic heterocycles. The van der Waals surface area contributed by atoms with Crippen LogP contribution in [0, 0.1) is 0 Å². The molecule has 0 amide bonds. The number of benzene rings is 1. The molecule has 8 nitrogen and oxygen atoms in total. The maximum Gasteiger partial charge on any atom is 0.326 e. The van der Waals surface area contributed by atoms with E-state index in [4.69, 9.17) is 30.8 Å². The van der Waals surface area contributed by atoms with E-state index in [1.165, 1.54) is 0 Å². The molecule has 0 spiro atoms. The maximum absolute atomic E-state index is 13.4. The second-order valence-corrected chi connectivity index (χ2v) is 8.29. The van der Waals surface area contributed by atoms with Crippen molar-refractivity contribution in [3.8, 4) is 5.75 Å². The highest BCUT2D eigenvalue weighted by Gasteiger charge is 2.30. The van der Waals surface area contributed by atoms with Crippen molar-refractivity contribution in [3.05, 3.63) is 39.5 Å². The van der Waals surface area contributed by atoms with Gasteiger partial charge in [0.2, 0.25) is 0 Å². The van der Waals surface area contributed by atoms with Crippen molar-refractivity contribution in [2.24, 2.45) is 0 Å². The molecular weight excluding hydrogens is 446 g/mol. The fourth-order valence-corrected chi connectivity index (χ4v) is 4.27. The van der Waals surface area contributed by atoms with Gasteiger partial charge < -0.3 is 23.7 Å². The van der Waals surface area contributed by atoms with Crippen LogP contribution in [0.4, 0.5) is 5.82 Å². The fourth-order valence-electron chi connectivity index (χ4n) is 4.06. The van der Waals surface area contributed by atoms with Crippen molar-refractivity contribution in [3.63, 3.8) is 0 Å². The Hall–Kier alpha value is -2.84. The highest BCUT2D eigenvalue weighted by atomic mass is 35.5. The van der Waals surface area contributed by atoms with Crippen molar-refractivity contribution < 1.29 is 19.0 Å². The lowest BCUT2D eigenvalue weighted by molar-refractivity contribution is -0.143. The zero-order valence-electron chi connectivity index (χ0n) is 19.1. The van der Waals surface area contributed by atoms with Crippen LogP contribution in [-0.4, -0.2) is 55.0 Å². The first-order valence-corrected chi connectivity index (χ1v) is 11.6. The number of halogens is 1. The Morgan fingerprint density at radius 2 is 1.94 bits per heavy atom. The normalized spacial score (nSPS) is 13.5. The Labute approximate surface area is 197 Å². The van der Waals surface area contributed by atoms with Crippen molar-refractivity contribution >= 4 is 45.3 Å². The molecule has 1 saturated carbocycles. The van der Waals surface area contributed by atoms with E-state index in [9.17, 15) is 9.59 Å². The second-order valence-electron chi connectivity index (χ2n) is 7.88. The Morgan fingerprint density at radius 1 is 1.18 bits per heavy atom. The Balaban J connectivity index is 2.00.